The SMILES string of the molecule is COc1ccc(C[C@H](C)COS(C)(=O)=O)cc1. The highest BCUT2D eigenvalue weighted by Gasteiger charge is 2.08. The fourth-order valence-electron chi connectivity index (χ4n) is 1.46. The summed E-state index contributed by atoms with van der Waals surface area (Å²) in [6.07, 6.45) is 1.84. The molecule has 0 saturated heterocycles. The monoisotopic (exact) mass is 258 g/mol. The second-order valence-corrected chi connectivity index (χ2v) is 5.79. The van der Waals surface area contributed by atoms with Gasteiger partial charge in [0, 0.05) is 0 Å². The first kappa shape index (κ1) is 14.0. The van der Waals surface area contributed by atoms with E-state index < -0.39 is 10.1 Å². The molecule has 0 spiro atoms. The van der Waals surface area contributed by atoms with Gasteiger partial charge in [-0.25, -0.2) is 0 Å². The van der Waals surface area contributed by atoms with Crippen LogP contribution >= 0.6 is 0 Å². The van der Waals surface area contributed by atoms with Crippen molar-refractivity contribution < 1.29 is 17.3 Å². The molecule has 0 heterocycles. The van der Waals surface area contributed by atoms with Crippen LogP contribution in [0.5, 0.6) is 5.75 Å². The highest BCUT2D eigenvalue weighted by atomic mass is 32.2. The van der Waals surface area contributed by atoms with Gasteiger partial charge in [-0.15, -0.1) is 0 Å². The summed E-state index contributed by atoms with van der Waals surface area (Å²) in [5.74, 6) is 0.965. The van der Waals surface area contributed by atoms with Crippen LogP contribution in [0.3, 0.4) is 0 Å². The summed E-state index contributed by atoms with van der Waals surface area (Å²) in [5.41, 5.74) is 1.13. The lowest BCUT2D eigenvalue weighted by Gasteiger charge is -2.11. The molecule has 5 heteroatoms. The topological polar surface area (TPSA) is 52.6 Å². The third kappa shape index (κ3) is 5.70. The van der Waals surface area contributed by atoms with E-state index >= 15 is 0 Å². The van der Waals surface area contributed by atoms with E-state index in [-0.39, 0.29) is 12.5 Å². The minimum absolute atomic E-state index is 0.151. The zero-order chi connectivity index (χ0) is 12.9. The molecule has 0 N–H and O–H groups in total. The Labute approximate surface area is 103 Å². The second-order valence-electron chi connectivity index (χ2n) is 4.15. The van der Waals surface area contributed by atoms with E-state index in [9.17, 15) is 8.42 Å². The fourth-order valence-corrected chi connectivity index (χ4v) is 1.94. The van der Waals surface area contributed by atoms with Crippen LogP contribution in [-0.4, -0.2) is 28.4 Å². The van der Waals surface area contributed by atoms with E-state index in [1.54, 1.807) is 7.11 Å². The Morgan fingerprint density at radius 3 is 2.29 bits per heavy atom. The lowest BCUT2D eigenvalue weighted by Crippen LogP contribution is -2.13. The molecule has 0 saturated carbocycles. The van der Waals surface area contributed by atoms with Crippen molar-refractivity contribution in [1.29, 1.82) is 0 Å². The molecule has 0 aliphatic carbocycles. The molecule has 0 aliphatic heterocycles. The van der Waals surface area contributed by atoms with Gasteiger partial charge in [0.25, 0.3) is 10.1 Å². The van der Waals surface area contributed by atoms with Gasteiger partial charge in [0.2, 0.25) is 0 Å². The molecule has 1 aromatic rings. The Balaban J connectivity index is 2.47. The van der Waals surface area contributed by atoms with Crippen LogP contribution in [0.1, 0.15) is 12.5 Å². The number of methoxy groups -OCH3 is 1. The Morgan fingerprint density at radius 1 is 1.24 bits per heavy atom. The van der Waals surface area contributed by atoms with Crippen LogP contribution < -0.4 is 4.74 Å². The third-order valence-electron chi connectivity index (χ3n) is 2.31. The zero-order valence-electron chi connectivity index (χ0n) is 10.3. The molecule has 0 radical (unpaired) electrons. The van der Waals surface area contributed by atoms with Crippen LogP contribution in [0.15, 0.2) is 24.3 Å². The smallest absolute Gasteiger partial charge is 0.264 e. The van der Waals surface area contributed by atoms with E-state index in [0.717, 1.165) is 24.0 Å². The molecule has 1 aromatic carbocycles. The normalized spacial score (nSPS) is 13.4. The predicted octanol–water partition coefficient (Wildman–Crippen LogP) is 1.85. The van der Waals surface area contributed by atoms with Crippen LogP contribution in [-0.2, 0) is 20.7 Å². The Morgan fingerprint density at radius 2 is 1.82 bits per heavy atom. The molecular weight excluding hydrogens is 240 g/mol. The first-order chi connectivity index (χ1) is 7.90. The minimum atomic E-state index is -3.34. The molecule has 0 bridgehead atoms. The first-order valence-corrected chi connectivity index (χ1v) is 7.19. The number of ether oxygens (including phenoxy) is 1. The van der Waals surface area contributed by atoms with Crippen molar-refractivity contribution in [3.8, 4) is 5.75 Å². The average molecular weight is 258 g/mol. The standard InChI is InChI=1S/C12H18O4S/c1-10(9-16-17(3,13)14)8-11-4-6-12(15-2)7-5-11/h4-7,10H,8-9H2,1-3H3/t10-/m0/s1. The molecule has 0 fully saturated rings. The van der Waals surface area contributed by atoms with Crippen molar-refractivity contribution in [3.63, 3.8) is 0 Å². The van der Waals surface area contributed by atoms with Crippen LogP contribution in [0, 0.1) is 5.92 Å². The predicted molar refractivity (Wildman–Crippen MR) is 66.7 cm³/mol. The molecule has 0 unspecified atom stereocenters. The van der Waals surface area contributed by atoms with Gasteiger partial charge in [0.05, 0.1) is 20.0 Å². The summed E-state index contributed by atoms with van der Waals surface area (Å²) in [6, 6.07) is 7.71. The summed E-state index contributed by atoms with van der Waals surface area (Å²) < 4.78 is 31.5. The lowest BCUT2D eigenvalue weighted by molar-refractivity contribution is 0.266. The van der Waals surface area contributed by atoms with E-state index in [0.29, 0.717) is 0 Å². The third-order valence-corrected chi connectivity index (χ3v) is 2.87. The number of hydrogen-bond acceptors (Lipinski definition) is 4. The first-order valence-electron chi connectivity index (χ1n) is 5.38. The molecule has 96 valence electrons. The van der Waals surface area contributed by atoms with E-state index in [1.165, 1.54) is 0 Å². The number of rotatable bonds is 6. The maximum Gasteiger partial charge on any atom is 0.264 e. The second kappa shape index (κ2) is 6.02. The molecule has 17 heavy (non-hydrogen) atoms. The van der Waals surface area contributed by atoms with Gasteiger partial charge in [0.1, 0.15) is 5.75 Å². The van der Waals surface area contributed by atoms with Gasteiger partial charge in [-0.2, -0.15) is 8.42 Å². The van der Waals surface area contributed by atoms with Crippen LogP contribution in [0.2, 0.25) is 0 Å². The van der Waals surface area contributed by atoms with Crippen LogP contribution in [0.4, 0.5) is 0 Å². The Kier molecular flexibility index (Phi) is 4.96. The van der Waals surface area contributed by atoms with Gasteiger partial charge >= 0.3 is 0 Å². The van der Waals surface area contributed by atoms with Crippen molar-refractivity contribution in [2.45, 2.75) is 13.3 Å². The summed E-state index contributed by atoms with van der Waals surface area (Å²) in [5, 5.41) is 0. The summed E-state index contributed by atoms with van der Waals surface area (Å²) in [7, 11) is -1.72. The minimum Gasteiger partial charge on any atom is -0.497 e. The lowest BCUT2D eigenvalue weighted by atomic mass is 10.0. The summed E-state index contributed by atoms with van der Waals surface area (Å²) >= 11 is 0. The van der Waals surface area contributed by atoms with Crippen molar-refractivity contribution >= 4 is 10.1 Å². The van der Waals surface area contributed by atoms with Gasteiger partial charge in [-0.1, -0.05) is 19.1 Å². The van der Waals surface area contributed by atoms with Crippen LogP contribution in [0.25, 0.3) is 0 Å². The average Bonchev–Trinajstić information content (AvgIpc) is 2.27. The molecule has 4 nitrogen and oxygen atoms in total. The van der Waals surface area contributed by atoms with Crippen molar-refractivity contribution in [2.24, 2.45) is 5.92 Å². The highest BCUT2D eigenvalue weighted by molar-refractivity contribution is 7.85. The quantitative estimate of drug-likeness (QED) is 0.731. The largest absolute Gasteiger partial charge is 0.497 e. The fraction of sp³-hybridized carbons (Fsp3) is 0.500. The van der Waals surface area contributed by atoms with E-state index in [1.807, 2.05) is 31.2 Å². The molecule has 0 aliphatic rings. The van der Waals surface area contributed by atoms with Crippen molar-refractivity contribution in [3.05, 3.63) is 29.8 Å². The maximum absolute atomic E-state index is 10.8. The Hall–Kier alpha value is -1.07. The number of hydrogen-bond donors (Lipinski definition) is 0. The Bertz CT molecular complexity index is 436. The van der Waals surface area contributed by atoms with Gasteiger partial charge in [0.15, 0.2) is 0 Å². The molecule has 1 atom stereocenters. The number of benzene rings is 1. The van der Waals surface area contributed by atoms with Gasteiger partial charge < -0.3 is 4.74 Å². The molecular formula is C12H18O4S. The molecule has 0 aromatic heterocycles. The summed E-state index contributed by atoms with van der Waals surface area (Å²) in [4.78, 5) is 0. The van der Waals surface area contributed by atoms with E-state index in [4.69, 9.17) is 8.92 Å². The highest BCUT2D eigenvalue weighted by Crippen LogP contribution is 2.15. The van der Waals surface area contributed by atoms with Gasteiger partial charge in [-0.05, 0) is 30.0 Å². The van der Waals surface area contributed by atoms with Gasteiger partial charge in [-0.3, -0.25) is 4.18 Å². The summed E-state index contributed by atoms with van der Waals surface area (Å²) in [6.45, 7) is 2.17. The molecule has 0 amide bonds. The zero-order valence-corrected chi connectivity index (χ0v) is 11.2. The maximum atomic E-state index is 10.8. The van der Waals surface area contributed by atoms with E-state index in [2.05, 4.69) is 0 Å². The molecule has 1 rings (SSSR count). The van der Waals surface area contributed by atoms with Crippen molar-refractivity contribution in [1.82, 2.24) is 0 Å². The van der Waals surface area contributed by atoms with Crippen molar-refractivity contribution in [2.75, 3.05) is 20.0 Å².